The Morgan fingerprint density at radius 3 is 3.06 bits per heavy atom. The lowest BCUT2D eigenvalue weighted by molar-refractivity contribution is -0.137. The summed E-state index contributed by atoms with van der Waals surface area (Å²) < 4.78 is 0. The Kier molecular flexibility index (Phi) is 4.06. The van der Waals surface area contributed by atoms with Crippen molar-refractivity contribution in [1.29, 1.82) is 0 Å². The minimum absolute atomic E-state index is 0.0262. The lowest BCUT2D eigenvalue weighted by Crippen LogP contribution is -2.44. The molecule has 1 N–H and O–H groups in total. The molecule has 0 radical (unpaired) electrons. The van der Waals surface area contributed by atoms with E-state index in [1.807, 2.05) is 4.90 Å². The van der Waals surface area contributed by atoms with Gasteiger partial charge in [-0.3, -0.25) is 4.79 Å². The van der Waals surface area contributed by atoms with E-state index in [1.54, 1.807) is 23.9 Å². The van der Waals surface area contributed by atoms with Gasteiger partial charge in [0.05, 0.1) is 6.42 Å². The van der Waals surface area contributed by atoms with Gasteiger partial charge in [-0.1, -0.05) is 11.6 Å². The van der Waals surface area contributed by atoms with Gasteiger partial charge >= 0.3 is 5.97 Å². The van der Waals surface area contributed by atoms with E-state index in [9.17, 15) is 4.79 Å². The van der Waals surface area contributed by atoms with Crippen molar-refractivity contribution in [1.82, 2.24) is 10.2 Å². The first-order valence-corrected chi connectivity index (χ1v) is 6.75. The van der Waals surface area contributed by atoms with Gasteiger partial charge < -0.3 is 10.0 Å². The molecule has 0 bridgehead atoms. The van der Waals surface area contributed by atoms with E-state index in [0.717, 1.165) is 18.1 Å². The lowest BCUT2D eigenvalue weighted by Gasteiger charge is -2.35. The number of aromatic nitrogens is 2. The van der Waals surface area contributed by atoms with Crippen molar-refractivity contribution in [3.63, 3.8) is 0 Å². The van der Waals surface area contributed by atoms with Crippen LogP contribution in [0.4, 0.5) is 5.82 Å². The van der Waals surface area contributed by atoms with Gasteiger partial charge in [0, 0.05) is 24.1 Å². The van der Waals surface area contributed by atoms with Crippen LogP contribution >= 0.6 is 23.4 Å². The molecule has 1 fully saturated rings. The smallest absolute Gasteiger partial charge is 0.305 e. The standard InChI is InChI=1S/C10H12ClN3O2S/c11-8-1-2-9(13-12-8)14-3-4-17-6-7(14)5-10(15)16/h1-2,7H,3-6H2,(H,15,16). The molecule has 1 aliphatic rings. The molecule has 17 heavy (non-hydrogen) atoms. The van der Waals surface area contributed by atoms with Crippen molar-refractivity contribution in [2.75, 3.05) is 23.0 Å². The molecule has 0 amide bonds. The maximum Gasteiger partial charge on any atom is 0.305 e. The third kappa shape index (κ3) is 3.23. The van der Waals surface area contributed by atoms with Crippen molar-refractivity contribution in [2.24, 2.45) is 0 Å². The van der Waals surface area contributed by atoms with Gasteiger partial charge in [0.25, 0.3) is 0 Å². The summed E-state index contributed by atoms with van der Waals surface area (Å²) in [4.78, 5) is 12.8. The minimum Gasteiger partial charge on any atom is -0.481 e. The van der Waals surface area contributed by atoms with Crippen LogP contribution in [0.1, 0.15) is 6.42 Å². The maximum atomic E-state index is 10.8. The molecule has 0 saturated carbocycles. The fourth-order valence-electron chi connectivity index (χ4n) is 1.79. The molecule has 0 spiro atoms. The van der Waals surface area contributed by atoms with Crippen molar-refractivity contribution < 1.29 is 9.90 Å². The van der Waals surface area contributed by atoms with Crippen LogP contribution in [0.2, 0.25) is 5.15 Å². The second-order valence-corrected chi connectivity index (χ2v) is 5.27. The zero-order valence-corrected chi connectivity index (χ0v) is 10.6. The second kappa shape index (κ2) is 5.55. The second-order valence-electron chi connectivity index (χ2n) is 3.73. The van der Waals surface area contributed by atoms with Crippen LogP contribution in [0.3, 0.4) is 0 Å². The molecule has 5 nitrogen and oxygen atoms in total. The van der Waals surface area contributed by atoms with Crippen LogP contribution in [0, 0.1) is 0 Å². The minimum atomic E-state index is -0.788. The molecule has 2 rings (SSSR count). The quantitative estimate of drug-likeness (QED) is 0.901. The highest BCUT2D eigenvalue weighted by Crippen LogP contribution is 2.24. The summed E-state index contributed by atoms with van der Waals surface area (Å²) in [5, 5.41) is 17.0. The molecule has 92 valence electrons. The van der Waals surface area contributed by atoms with Crippen molar-refractivity contribution in [3.05, 3.63) is 17.3 Å². The topological polar surface area (TPSA) is 66.3 Å². The van der Waals surface area contributed by atoms with Gasteiger partial charge in [0.1, 0.15) is 0 Å². The third-order valence-electron chi connectivity index (χ3n) is 2.55. The van der Waals surface area contributed by atoms with Gasteiger partial charge in [-0.05, 0) is 12.1 Å². The van der Waals surface area contributed by atoms with Crippen molar-refractivity contribution in [2.45, 2.75) is 12.5 Å². The number of aliphatic carboxylic acids is 1. The average Bonchev–Trinajstić information content (AvgIpc) is 2.30. The van der Waals surface area contributed by atoms with Gasteiger partial charge in [0.2, 0.25) is 0 Å². The number of anilines is 1. The third-order valence-corrected chi connectivity index (χ3v) is 3.84. The summed E-state index contributed by atoms with van der Waals surface area (Å²) in [7, 11) is 0. The zero-order valence-electron chi connectivity index (χ0n) is 9.04. The number of hydrogen-bond donors (Lipinski definition) is 1. The van der Waals surface area contributed by atoms with Crippen LogP contribution < -0.4 is 4.90 Å². The number of rotatable bonds is 3. The predicted molar refractivity (Wildman–Crippen MR) is 67.8 cm³/mol. The van der Waals surface area contributed by atoms with E-state index in [4.69, 9.17) is 16.7 Å². The van der Waals surface area contributed by atoms with Gasteiger partial charge in [-0.15, -0.1) is 10.2 Å². The number of nitrogens with zero attached hydrogens (tertiary/aromatic N) is 3. The van der Waals surface area contributed by atoms with Crippen molar-refractivity contribution in [3.8, 4) is 0 Å². The molecule has 1 aromatic heterocycles. The molecular formula is C10H12ClN3O2S. The van der Waals surface area contributed by atoms with Gasteiger partial charge in [-0.25, -0.2) is 0 Å². The van der Waals surface area contributed by atoms with E-state index in [-0.39, 0.29) is 12.5 Å². The van der Waals surface area contributed by atoms with Gasteiger partial charge in [0.15, 0.2) is 11.0 Å². The Morgan fingerprint density at radius 2 is 2.41 bits per heavy atom. The fraction of sp³-hybridized carbons (Fsp3) is 0.500. The Hall–Kier alpha value is -1.01. The lowest BCUT2D eigenvalue weighted by atomic mass is 10.2. The molecular weight excluding hydrogens is 262 g/mol. The normalized spacial score (nSPS) is 20.3. The average molecular weight is 274 g/mol. The zero-order chi connectivity index (χ0) is 12.3. The Balaban J connectivity index is 2.15. The van der Waals surface area contributed by atoms with Crippen LogP contribution in [0.15, 0.2) is 12.1 Å². The molecule has 7 heteroatoms. The van der Waals surface area contributed by atoms with Gasteiger partial charge in [-0.2, -0.15) is 11.8 Å². The molecule has 0 aromatic carbocycles. The number of halogens is 1. The highest BCUT2D eigenvalue weighted by atomic mass is 35.5. The Bertz CT molecular complexity index is 401. The summed E-state index contributed by atoms with van der Waals surface area (Å²) in [6, 6.07) is 3.42. The van der Waals surface area contributed by atoms with Crippen LogP contribution in [-0.2, 0) is 4.79 Å². The predicted octanol–water partition coefficient (Wildman–Crippen LogP) is 1.53. The molecule has 1 aliphatic heterocycles. The first-order valence-electron chi connectivity index (χ1n) is 5.22. The van der Waals surface area contributed by atoms with E-state index in [2.05, 4.69) is 10.2 Å². The number of carboxylic acids is 1. The van der Waals surface area contributed by atoms with Crippen LogP contribution in [0.25, 0.3) is 0 Å². The van der Waals surface area contributed by atoms with Crippen LogP contribution in [0.5, 0.6) is 0 Å². The van der Waals surface area contributed by atoms with E-state index < -0.39 is 5.97 Å². The number of thioether (sulfide) groups is 1. The summed E-state index contributed by atoms with van der Waals surface area (Å²) in [6.45, 7) is 0.791. The number of hydrogen-bond acceptors (Lipinski definition) is 5. The summed E-state index contributed by atoms with van der Waals surface area (Å²) in [5.74, 6) is 1.68. The van der Waals surface area contributed by atoms with E-state index >= 15 is 0 Å². The molecule has 0 aliphatic carbocycles. The van der Waals surface area contributed by atoms with Crippen LogP contribution in [-0.4, -0.2) is 45.4 Å². The first kappa shape index (κ1) is 12.4. The molecule has 1 aromatic rings. The Morgan fingerprint density at radius 1 is 1.59 bits per heavy atom. The Labute approximate surface area is 108 Å². The largest absolute Gasteiger partial charge is 0.481 e. The fourth-order valence-corrected chi connectivity index (χ4v) is 2.95. The summed E-state index contributed by atoms with van der Waals surface area (Å²) in [6.07, 6.45) is 0.122. The SMILES string of the molecule is O=C(O)CC1CSCCN1c1ccc(Cl)nn1. The highest BCUT2D eigenvalue weighted by Gasteiger charge is 2.26. The summed E-state index contributed by atoms with van der Waals surface area (Å²) in [5.41, 5.74) is 0. The van der Waals surface area contributed by atoms with E-state index in [0.29, 0.717) is 11.0 Å². The first-order chi connectivity index (χ1) is 8.16. The number of carboxylic acid groups (broad SMARTS) is 1. The monoisotopic (exact) mass is 273 g/mol. The maximum absolute atomic E-state index is 10.8. The summed E-state index contributed by atoms with van der Waals surface area (Å²) >= 11 is 7.45. The number of carbonyl (C=O) groups is 1. The molecule has 2 heterocycles. The molecule has 1 atom stereocenters. The molecule has 1 unspecified atom stereocenters. The van der Waals surface area contributed by atoms with Crippen molar-refractivity contribution >= 4 is 35.1 Å². The highest BCUT2D eigenvalue weighted by molar-refractivity contribution is 7.99. The molecule has 1 saturated heterocycles. The van der Waals surface area contributed by atoms with E-state index in [1.165, 1.54) is 0 Å².